The fourth-order valence-corrected chi connectivity index (χ4v) is 3.07. The van der Waals surface area contributed by atoms with Crippen LogP contribution >= 0.6 is 0 Å². The zero-order chi connectivity index (χ0) is 24.3. The van der Waals surface area contributed by atoms with Gasteiger partial charge in [-0.1, -0.05) is 6.07 Å². The fourth-order valence-electron chi connectivity index (χ4n) is 3.07. The molecule has 0 saturated carbocycles. The minimum Gasteiger partial charge on any atom is -0.424 e. The average Bonchev–Trinajstić information content (AvgIpc) is 2.79. The fraction of sp³-hybridized carbons (Fsp3) is 0.286. The number of nitrogens with one attached hydrogen (secondary N) is 2. The van der Waals surface area contributed by atoms with Crippen LogP contribution in [0.4, 0.5) is 38.0 Å². The Balaban J connectivity index is 1.63. The molecule has 34 heavy (non-hydrogen) atoms. The number of ether oxygens (including phenoxy) is 2. The van der Waals surface area contributed by atoms with Crippen molar-refractivity contribution in [1.29, 1.82) is 0 Å². The quantitative estimate of drug-likeness (QED) is 0.487. The molecule has 0 radical (unpaired) electrons. The summed E-state index contributed by atoms with van der Waals surface area (Å²) in [5.74, 6) is 0.0388. The molecule has 1 aliphatic heterocycles. The van der Waals surface area contributed by atoms with Crippen LogP contribution in [0, 0.1) is 0 Å². The third kappa shape index (κ3) is 5.91. The van der Waals surface area contributed by atoms with E-state index in [1.54, 1.807) is 0 Å². The molecule has 13 heteroatoms. The van der Waals surface area contributed by atoms with Crippen LogP contribution in [0.5, 0.6) is 11.8 Å². The molecule has 1 aliphatic rings. The Morgan fingerprint density at radius 1 is 0.912 bits per heavy atom. The van der Waals surface area contributed by atoms with Crippen LogP contribution in [0.25, 0.3) is 0 Å². The molecule has 2 aromatic carbocycles. The van der Waals surface area contributed by atoms with Crippen molar-refractivity contribution in [3.8, 4) is 11.8 Å². The number of anilines is 2. The van der Waals surface area contributed by atoms with Gasteiger partial charge in [-0.3, -0.25) is 0 Å². The number of benzene rings is 2. The second-order valence-electron chi connectivity index (χ2n) is 7.19. The standard InChI is InChI=1S/C21H17F6N5O2/c22-20(23,24)12-4-6-15(7-5-12)34-19-31-17(16-11-28-8-9-33-16)30-18(32-19)29-14-3-1-2-13(10-14)21(25,26)27/h1-7,10,16,28H,8-9,11H2,(H,29,30,31,32). The second kappa shape index (κ2) is 9.43. The SMILES string of the molecule is FC(F)(F)c1ccc(Oc2nc(Nc3cccc(C(F)(F)F)c3)nc(C3CNCCO3)n2)cc1. The summed E-state index contributed by atoms with van der Waals surface area (Å²) in [6.45, 7) is 1.36. The zero-order valence-electron chi connectivity index (χ0n) is 17.2. The molecular formula is C21H17F6N5O2. The van der Waals surface area contributed by atoms with Crippen LogP contribution in [-0.2, 0) is 17.1 Å². The monoisotopic (exact) mass is 485 g/mol. The van der Waals surface area contributed by atoms with Gasteiger partial charge in [-0.2, -0.15) is 41.3 Å². The molecule has 3 aromatic rings. The number of hydrogen-bond acceptors (Lipinski definition) is 7. The number of alkyl halides is 6. The highest BCUT2D eigenvalue weighted by Crippen LogP contribution is 2.33. The number of morpholine rings is 1. The third-order valence-electron chi connectivity index (χ3n) is 4.68. The molecule has 1 aromatic heterocycles. The summed E-state index contributed by atoms with van der Waals surface area (Å²) in [5.41, 5.74) is -1.66. The highest BCUT2D eigenvalue weighted by molar-refractivity contribution is 5.55. The van der Waals surface area contributed by atoms with E-state index in [-0.39, 0.29) is 29.2 Å². The predicted octanol–water partition coefficient (Wildman–Crippen LogP) is 5.11. The van der Waals surface area contributed by atoms with E-state index in [1.165, 1.54) is 12.1 Å². The van der Waals surface area contributed by atoms with E-state index in [0.29, 0.717) is 19.7 Å². The summed E-state index contributed by atoms with van der Waals surface area (Å²) >= 11 is 0. The first-order valence-corrected chi connectivity index (χ1v) is 9.95. The van der Waals surface area contributed by atoms with Crippen LogP contribution in [0.2, 0.25) is 0 Å². The molecule has 0 bridgehead atoms. The van der Waals surface area contributed by atoms with Gasteiger partial charge in [0.1, 0.15) is 11.9 Å². The van der Waals surface area contributed by atoms with Crippen molar-refractivity contribution < 1.29 is 35.8 Å². The first-order chi connectivity index (χ1) is 16.1. The maximum absolute atomic E-state index is 13.0. The first kappa shape index (κ1) is 23.7. The van der Waals surface area contributed by atoms with Crippen LogP contribution in [0.1, 0.15) is 23.1 Å². The van der Waals surface area contributed by atoms with Crippen LogP contribution in [0.15, 0.2) is 48.5 Å². The van der Waals surface area contributed by atoms with E-state index >= 15 is 0 Å². The summed E-state index contributed by atoms with van der Waals surface area (Å²) in [7, 11) is 0. The van der Waals surface area contributed by atoms with E-state index in [0.717, 1.165) is 36.4 Å². The minimum atomic E-state index is -4.54. The second-order valence-corrected chi connectivity index (χ2v) is 7.19. The molecular weight excluding hydrogens is 468 g/mol. The van der Waals surface area contributed by atoms with Gasteiger partial charge in [0, 0.05) is 18.8 Å². The molecule has 1 saturated heterocycles. The Morgan fingerprint density at radius 3 is 2.29 bits per heavy atom. The van der Waals surface area contributed by atoms with Gasteiger partial charge in [-0.25, -0.2) is 0 Å². The van der Waals surface area contributed by atoms with Gasteiger partial charge in [0.15, 0.2) is 5.82 Å². The van der Waals surface area contributed by atoms with Crippen molar-refractivity contribution in [2.45, 2.75) is 18.5 Å². The van der Waals surface area contributed by atoms with Gasteiger partial charge < -0.3 is 20.1 Å². The molecule has 2 N–H and O–H groups in total. The molecule has 1 atom stereocenters. The van der Waals surface area contributed by atoms with Crippen molar-refractivity contribution in [2.75, 3.05) is 25.0 Å². The molecule has 2 heterocycles. The lowest BCUT2D eigenvalue weighted by Crippen LogP contribution is -2.34. The summed E-state index contributed by atoms with van der Waals surface area (Å²) in [4.78, 5) is 12.4. The van der Waals surface area contributed by atoms with Gasteiger partial charge in [-0.15, -0.1) is 0 Å². The van der Waals surface area contributed by atoms with Crippen molar-refractivity contribution in [1.82, 2.24) is 20.3 Å². The maximum Gasteiger partial charge on any atom is 0.416 e. The molecule has 1 unspecified atom stereocenters. The van der Waals surface area contributed by atoms with E-state index in [2.05, 4.69) is 25.6 Å². The summed E-state index contributed by atoms with van der Waals surface area (Å²) in [6.07, 6.45) is -9.64. The van der Waals surface area contributed by atoms with Crippen molar-refractivity contribution >= 4 is 11.6 Å². The normalized spacial score (nSPS) is 16.8. The molecule has 0 amide bonds. The summed E-state index contributed by atoms with van der Waals surface area (Å²) < 4.78 is 88.6. The van der Waals surface area contributed by atoms with Crippen molar-refractivity contribution in [2.24, 2.45) is 0 Å². The van der Waals surface area contributed by atoms with E-state index in [4.69, 9.17) is 9.47 Å². The van der Waals surface area contributed by atoms with Crippen molar-refractivity contribution in [3.05, 3.63) is 65.5 Å². The summed E-state index contributed by atoms with van der Waals surface area (Å²) in [5, 5.41) is 5.78. The lowest BCUT2D eigenvalue weighted by molar-refractivity contribution is -0.138. The molecule has 180 valence electrons. The van der Waals surface area contributed by atoms with Crippen LogP contribution in [0.3, 0.4) is 0 Å². The largest absolute Gasteiger partial charge is 0.424 e. The minimum absolute atomic E-state index is 0.0258. The zero-order valence-corrected chi connectivity index (χ0v) is 17.2. The Bertz CT molecular complexity index is 1130. The molecule has 4 rings (SSSR count). The smallest absolute Gasteiger partial charge is 0.416 e. The first-order valence-electron chi connectivity index (χ1n) is 9.95. The number of halogens is 6. The van der Waals surface area contributed by atoms with E-state index in [1.807, 2.05) is 0 Å². The molecule has 0 spiro atoms. The Labute approximate surface area is 189 Å². The van der Waals surface area contributed by atoms with Crippen LogP contribution < -0.4 is 15.4 Å². The van der Waals surface area contributed by atoms with Gasteiger partial charge in [0.05, 0.1) is 17.7 Å². The average molecular weight is 485 g/mol. The maximum atomic E-state index is 13.0. The number of hydrogen-bond donors (Lipinski definition) is 2. The lowest BCUT2D eigenvalue weighted by Gasteiger charge is -2.22. The Hall–Kier alpha value is -3.45. The van der Waals surface area contributed by atoms with Gasteiger partial charge in [0.2, 0.25) is 5.95 Å². The van der Waals surface area contributed by atoms with E-state index in [9.17, 15) is 26.3 Å². The Kier molecular flexibility index (Phi) is 6.57. The van der Waals surface area contributed by atoms with Crippen LogP contribution in [-0.4, -0.2) is 34.6 Å². The molecule has 1 fully saturated rings. The lowest BCUT2D eigenvalue weighted by atomic mass is 10.2. The van der Waals surface area contributed by atoms with Crippen molar-refractivity contribution in [3.63, 3.8) is 0 Å². The van der Waals surface area contributed by atoms with Gasteiger partial charge >= 0.3 is 18.4 Å². The molecule has 7 nitrogen and oxygen atoms in total. The number of nitrogens with zero attached hydrogens (tertiary/aromatic N) is 3. The molecule has 0 aliphatic carbocycles. The highest BCUT2D eigenvalue weighted by atomic mass is 19.4. The van der Waals surface area contributed by atoms with E-state index < -0.39 is 29.6 Å². The summed E-state index contributed by atoms with van der Waals surface area (Å²) in [6, 6.07) is 8.04. The predicted molar refractivity (Wildman–Crippen MR) is 108 cm³/mol. The highest BCUT2D eigenvalue weighted by Gasteiger charge is 2.31. The number of aromatic nitrogens is 3. The number of rotatable bonds is 5. The van der Waals surface area contributed by atoms with Gasteiger partial charge in [-0.05, 0) is 42.5 Å². The van der Waals surface area contributed by atoms with Gasteiger partial charge in [0.25, 0.3) is 0 Å². The Morgan fingerprint density at radius 2 is 1.65 bits per heavy atom. The topological polar surface area (TPSA) is 81.2 Å². The third-order valence-corrected chi connectivity index (χ3v) is 4.68.